The molecule has 1 heterocycles. The van der Waals surface area contributed by atoms with Gasteiger partial charge in [-0.15, -0.1) is 0 Å². The fraction of sp³-hybridized carbons (Fsp3) is 0.333. The van der Waals surface area contributed by atoms with E-state index in [2.05, 4.69) is 4.98 Å². The maximum Gasteiger partial charge on any atom is 0.398 e. The second kappa shape index (κ2) is 7.98. The van der Waals surface area contributed by atoms with E-state index in [0.717, 1.165) is 24.3 Å². The number of hydrogen-bond acceptors (Lipinski definition) is 3. The molecule has 0 radical (unpaired) electrons. The molecule has 0 aliphatic heterocycles. The summed E-state index contributed by atoms with van der Waals surface area (Å²) in [5.74, 6) is -5.73. The summed E-state index contributed by atoms with van der Waals surface area (Å²) in [6, 6.07) is 8.52. The SMILES string of the molecule is CC1(C)C(C=C(Cl)Cl)C1(C(=O)O)C(c1cccc(Oc2ccc(F)cc2)n1)C(F)(F)F. The summed E-state index contributed by atoms with van der Waals surface area (Å²) in [5.41, 5.74) is -4.12. The molecule has 3 atom stereocenters. The second-order valence-electron chi connectivity index (χ2n) is 7.76. The lowest BCUT2D eigenvalue weighted by Gasteiger charge is -2.29. The van der Waals surface area contributed by atoms with Gasteiger partial charge in [0, 0.05) is 12.0 Å². The lowest BCUT2D eigenvalue weighted by molar-refractivity contribution is -0.184. The number of ether oxygens (including phenoxy) is 1. The number of alkyl halides is 3. The number of benzene rings is 1. The summed E-state index contributed by atoms with van der Waals surface area (Å²) in [7, 11) is 0. The van der Waals surface area contributed by atoms with Crippen LogP contribution in [-0.2, 0) is 4.79 Å². The average molecular weight is 478 g/mol. The molecule has 1 fully saturated rings. The van der Waals surface area contributed by atoms with Crippen LogP contribution in [0.25, 0.3) is 0 Å². The fourth-order valence-electron chi connectivity index (χ4n) is 4.32. The number of hydrogen-bond donors (Lipinski definition) is 1. The van der Waals surface area contributed by atoms with Gasteiger partial charge in [-0.25, -0.2) is 9.37 Å². The van der Waals surface area contributed by atoms with Crippen molar-refractivity contribution >= 4 is 29.2 Å². The highest BCUT2D eigenvalue weighted by Gasteiger charge is 2.82. The summed E-state index contributed by atoms with van der Waals surface area (Å²) in [5, 5.41) is 9.94. The highest BCUT2D eigenvalue weighted by Crippen LogP contribution is 2.77. The zero-order valence-electron chi connectivity index (χ0n) is 16.3. The molecule has 4 nitrogen and oxygen atoms in total. The van der Waals surface area contributed by atoms with Crippen LogP contribution < -0.4 is 4.74 Å². The molecule has 3 rings (SSSR count). The summed E-state index contributed by atoms with van der Waals surface area (Å²) >= 11 is 11.3. The van der Waals surface area contributed by atoms with E-state index in [-0.39, 0.29) is 16.1 Å². The largest absolute Gasteiger partial charge is 0.481 e. The zero-order valence-corrected chi connectivity index (χ0v) is 17.8. The number of rotatable bonds is 6. The Morgan fingerprint density at radius 3 is 2.32 bits per heavy atom. The fourth-order valence-corrected chi connectivity index (χ4v) is 4.57. The average Bonchev–Trinajstić information content (AvgIpc) is 3.11. The van der Waals surface area contributed by atoms with Gasteiger partial charge < -0.3 is 9.84 Å². The van der Waals surface area contributed by atoms with Crippen molar-refractivity contribution in [2.75, 3.05) is 0 Å². The van der Waals surface area contributed by atoms with Gasteiger partial charge in [0.25, 0.3) is 0 Å². The van der Waals surface area contributed by atoms with Crippen LogP contribution >= 0.6 is 23.2 Å². The van der Waals surface area contributed by atoms with Gasteiger partial charge in [0.1, 0.15) is 22.0 Å². The monoisotopic (exact) mass is 477 g/mol. The van der Waals surface area contributed by atoms with Crippen molar-refractivity contribution in [3.8, 4) is 11.6 Å². The maximum atomic E-state index is 14.3. The van der Waals surface area contributed by atoms with E-state index in [4.69, 9.17) is 27.9 Å². The van der Waals surface area contributed by atoms with Crippen LogP contribution in [0.4, 0.5) is 17.6 Å². The number of aliphatic carboxylic acids is 1. The van der Waals surface area contributed by atoms with E-state index >= 15 is 0 Å². The van der Waals surface area contributed by atoms with Gasteiger partial charge >= 0.3 is 12.1 Å². The summed E-state index contributed by atoms with van der Waals surface area (Å²) in [4.78, 5) is 16.2. The first-order valence-electron chi connectivity index (χ1n) is 9.05. The standard InChI is InChI=1S/C21H17Cl2F4NO3/c1-19(2)14(10-15(22)23)20(19,18(29)30)17(21(25,26)27)13-4-3-5-16(28-13)31-12-8-6-11(24)7-9-12/h3-10,14,17H,1-2H3,(H,29,30). The van der Waals surface area contributed by atoms with Gasteiger partial charge in [0.2, 0.25) is 5.88 Å². The second-order valence-corrected chi connectivity index (χ2v) is 8.77. The number of allylic oxidation sites excluding steroid dienone is 1. The van der Waals surface area contributed by atoms with Crippen LogP contribution in [0.2, 0.25) is 0 Å². The van der Waals surface area contributed by atoms with E-state index < -0.39 is 46.3 Å². The Balaban J connectivity index is 2.09. The van der Waals surface area contributed by atoms with Crippen molar-refractivity contribution in [2.45, 2.75) is 25.9 Å². The third kappa shape index (κ3) is 4.11. The van der Waals surface area contributed by atoms with Gasteiger partial charge in [0.05, 0.1) is 11.1 Å². The minimum atomic E-state index is -4.95. The summed E-state index contributed by atoms with van der Waals surface area (Å²) in [6.07, 6.45) is -3.83. The molecule has 1 saturated carbocycles. The van der Waals surface area contributed by atoms with E-state index in [1.807, 2.05) is 0 Å². The van der Waals surface area contributed by atoms with Crippen LogP contribution in [0.1, 0.15) is 25.5 Å². The first-order valence-corrected chi connectivity index (χ1v) is 9.80. The van der Waals surface area contributed by atoms with Gasteiger partial charge in [-0.3, -0.25) is 4.79 Å². The summed E-state index contributed by atoms with van der Waals surface area (Å²) in [6.45, 7) is 2.83. The number of carboxylic acids is 1. The minimum absolute atomic E-state index is 0.157. The van der Waals surface area contributed by atoms with E-state index in [9.17, 15) is 27.5 Å². The molecule has 0 amide bonds. The van der Waals surface area contributed by atoms with Crippen LogP contribution in [0.5, 0.6) is 11.6 Å². The molecule has 3 unspecified atom stereocenters. The first-order chi connectivity index (χ1) is 14.3. The van der Waals surface area contributed by atoms with Crippen LogP contribution in [-0.4, -0.2) is 22.2 Å². The molecule has 1 N–H and O–H groups in total. The Bertz CT molecular complexity index is 1020. The molecule has 2 aromatic rings. The predicted octanol–water partition coefficient (Wildman–Crippen LogP) is 6.70. The van der Waals surface area contributed by atoms with Crippen molar-refractivity contribution in [3.63, 3.8) is 0 Å². The lowest BCUT2D eigenvalue weighted by atomic mass is 9.79. The van der Waals surface area contributed by atoms with Crippen molar-refractivity contribution in [2.24, 2.45) is 16.7 Å². The maximum absolute atomic E-state index is 14.3. The van der Waals surface area contributed by atoms with Crippen molar-refractivity contribution in [3.05, 3.63) is 64.5 Å². The molecule has 1 aliphatic carbocycles. The smallest absolute Gasteiger partial charge is 0.398 e. The molecular formula is C21H17Cl2F4NO3. The topological polar surface area (TPSA) is 59.4 Å². The van der Waals surface area contributed by atoms with E-state index in [1.54, 1.807) is 0 Å². The third-order valence-corrected chi connectivity index (χ3v) is 6.01. The molecule has 0 bridgehead atoms. The van der Waals surface area contributed by atoms with E-state index in [0.29, 0.717) is 0 Å². The summed E-state index contributed by atoms with van der Waals surface area (Å²) < 4.78 is 61.0. The minimum Gasteiger partial charge on any atom is -0.481 e. The molecule has 10 heteroatoms. The van der Waals surface area contributed by atoms with Crippen LogP contribution in [0, 0.1) is 22.6 Å². The number of pyridine rings is 1. The van der Waals surface area contributed by atoms with Crippen molar-refractivity contribution in [1.82, 2.24) is 4.98 Å². The third-order valence-electron chi connectivity index (χ3n) is 5.76. The highest BCUT2D eigenvalue weighted by molar-refractivity contribution is 6.55. The lowest BCUT2D eigenvalue weighted by Crippen LogP contribution is -2.39. The Kier molecular flexibility index (Phi) is 6.01. The quantitative estimate of drug-likeness (QED) is 0.470. The van der Waals surface area contributed by atoms with Gasteiger partial charge in [0.15, 0.2) is 0 Å². The number of aromatic nitrogens is 1. The van der Waals surface area contributed by atoms with Crippen LogP contribution in [0.3, 0.4) is 0 Å². The van der Waals surface area contributed by atoms with Gasteiger partial charge in [-0.05, 0) is 41.8 Å². The molecule has 0 spiro atoms. The number of carboxylic acid groups (broad SMARTS) is 1. The Labute approximate surface area is 185 Å². The van der Waals surface area contributed by atoms with Gasteiger partial charge in [-0.2, -0.15) is 13.2 Å². The van der Waals surface area contributed by atoms with E-state index in [1.165, 1.54) is 38.1 Å². The molecule has 1 aliphatic rings. The Morgan fingerprint density at radius 1 is 1.19 bits per heavy atom. The highest BCUT2D eigenvalue weighted by atomic mass is 35.5. The molecular weight excluding hydrogens is 461 g/mol. The van der Waals surface area contributed by atoms with Crippen LogP contribution in [0.15, 0.2) is 53.0 Å². The predicted molar refractivity (Wildman–Crippen MR) is 107 cm³/mol. The Morgan fingerprint density at radius 2 is 1.81 bits per heavy atom. The normalized spacial score (nSPS) is 23.0. The number of carbonyl (C=O) groups is 1. The number of halogens is 6. The molecule has 1 aromatic heterocycles. The number of nitrogens with zero attached hydrogens (tertiary/aromatic N) is 1. The Hall–Kier alpha value is -2.32. The molecule has 0 saturated heterocycles. The molecule has 166 valence electrons. The van der Waals surface area contributed by atoms with Crippen molar-refractivity contribution < 1.29 is 32.2 Å². The molecule has 1 aromatic carbocycles. The first kappa shape index (κ1) is 23.3. The van der Waals surface area contributed by atoms with Crippen molar-refractivity contribution in [1.29, 1.82) is 0 Å². The van der Waals surface area contributed by atoms with Gasteiger partial charge in [-0.1, -0.05) is 43.1 Å². The zero-order chi connectivity index (χ0) is 23.2. The molecule has 31 heavy (non-hydrogen) atoms.